The van der Waals surface area contributed by atoms with Crippen molar-refractivity contribution >= 4 is 10.0 Å². The predicted octanol–water partition coefficient (Wildman–Crippen LogP) is 1.35. The first-order valence-corrected chi connectivity index (χ1v) is 6.06. The molecule has 1 aromatic heterocycles. The minimum absolute atomic E-state index is 0.325. The number of aromatic nitrogens is 1. The fraction of sp³-hybridized carbons (Fsp3) is 0.300. The van der Waals surface area contributed by atoms with Gasteiger partial charge in [-0.3, -0.25) is 4.98 Å². The van der Waals surface area contributed by atoms with Gasteiger partial charge in [0.2, 0.25) is 10.0 Å². The second-order valence-corrected chi connectivity index (χ2v) is 5.35. The lowest BCUT2D eigenvalue weighted by Crippen LogP contribution is -2.29. The highest BCUT2D eigenvalue weighted by atomic mass is 32.2. The van der Waals surface area contributed by atoms with Gasteiger partial charge in [-0.15, -0.1) is 6.42 Å². The molecule has 0 amide bonds. The van der Waals surface area contributed by atoms with E-state index in [0.717, 1.165) is 13.2 Å². The van der Waals surface area contributed by atoms with E-state index in [1.165, 1.54) is 0 Å². The number of pyridine rings is 1. The summed E-state index contributed by atoms with van der Waals surface area (Å²) in [6.45, 7) is -0.325. The van der Waals surface area contributed by atoms with Crippen LogP contribution in [0.25, 0.3) is 0 Å². The summed E-state index contributed by atoms with van der Waals surface area (Å²) < 4.78 is 62.4. The number of hydrogen-bond donors (Lipinski definition) is 0. The van der Waals surface area contributed by atoms with E-state index < -0.39 is 26.7 Å². The smallest absolute Gasteiger partial charge is 0.263 e. The van der Waals surface area contributed by atoms with Gasteiger partial charge in [0.25, 0.3) is 0 Å². The fourth-order valence-electron chi connectivity index (χ4n) is 1.20. The maximum Gasteiger partial charge on any atom is 0.417 e. The van der Waals surface area contributed by atoms with Crippen LogP contribution in [0.5, 0.6) is 0 Å². The molecular weight excluding hydrogens is 269 g/mol. The van der Waals surface area contributed by atoms with Crippen molar-refractivity contribution in [1.29, 1.82) is 0 Å². The summed E-state index contributed by atoms with van der Waals surface area (Å²) in [5, 5.41) is 0. The largest absolute Gasteiger partial charge is 0.417 e. The Hall–Kier alpha value is -1.59. The molecule has 0 unspecified atom stereocenters. The van der Waals surface area contributed by atoms with Crippen molar-refractivity contribution in [2.45, 2.75) is 11.1 Å². The molecule has 0 N–H and O–H groups in total. The normalized spacial score (nSPS) is 12.4. The third-order valence-electron chi connectivity index (χ3n) is 2.09. The highest BCUT2D eigenvalue weighted by molar-refractivity contribution is 7.89. The number of alkyl halides is 3. The Balaban J connectivity index is 3.39. The molecule has 1 aromatic rings. The van der Waals surface area contributed by atoms with Gasteiger partial charge >= 0.3 is 6.18 Å². The Morgan fingerprint density at radius 2 is 2.11 bits per heavy atom. The molecule has 0 atom stereocenters. The van der Waals surface area contributed by atoms with Gasteiger partial charge in [0.05, 0.1) is 12.1 Å². The van der Waals surface area contributed by atoms with Crippen LogP contribution in [0.2, 0.25) is 0 Å². The summed E-state index contributed by atoms with van der Waals surface area (Å²) in [5.74, 6) is 2.05. The van der Waals surface area contributed by atoms with E-state index in [1.54, 1.807) is 0 Å². The molecule has 0 fully saturated rings. The molecule has 0 aromatic carbocycles. The molecular formula is C10H9F3N2O2S. The number of sulfonamides is 1. The quantitative estimate of drug-likeness (QED) is 0.784. The molecule has 4 nitrogen and oxygen atoms in total. The Morgan fingerprint density at radius 1 is 1.50 bits per heavy atom. The maximum absolute atomic E-state index is 12.7. The van der Waals surface area contributed by atoms with Crippen LogP contribution in [0.15, 0.2) is 23.4 Å². The predicted molar refractivity (Wildman–Crippen MR) is 57.9 cm³/mol. The standard InChI is InChI=1S/C10H9F3N2O2S/c1-3-6-15(2)18(16,17)9-7-14-5-4-8(9)10(11,12)13/h1,4-5,7H,6H2,2H3. The molecule has 0 saturated carbocycles. The van der Waals surface area contributed by atoms with Gasteiger partial charge in [-0.2, -0.15) is 17.5 Å². The van der Waals surface area contributed by atoms with Crippen LogP contribution < -0.4 is 0 Å². The van der Waals surface area contributed by atoms with Gasteiger partial charge in [-0.25, -0.2) is 8.42 Å². The van der Waals surface area contributed by atoms with Crippen molar-refractivity contribution in [2.24, 2.45) is 0 Å². The van der Waals surface area contributed by atoms with E-state index in [-0.39, 0.29) is 6.54 Å². The summed E-state index contributed by atoms with van der Waals surface area (Å²) in [7, 11) is -3.21. The third-order valence-corrected chi connectivity index (χ3v) is 3.92. The summed E-state index contributed by atoms with van der Waals surface area (Å²) in [6, 6.07) is 0.608. The molecule has 18 heavy (non-hydrogen) atoms. The van der Waals surface area contributed by atoms with E-state index in [2.05, 4.69) is 4.98 Å². The zero-order valence-electron chi connectivity index (χ0n) is 9.27. The molecule has 0 bridgehead atoms. The van der Waals surface area contributed by atoms with E-state index >= 15 is 0 Å². The Labute approximate surface area is 102 Å². The summed E-state index contributed by atoms with van der Waals surface area (Å²) in [6.07, 6.45) is 1.69. The number of rotatable bonds is 3. The molecule has 0 aliphatic heterocycles. The van der Waals surface area contributed by atoms with Gasteiger partial charge in [-0.05, 0) is 6.07 Å². The van der Waals surface area contributed by atoms with E-state index in [4.69, 9.17) is 6.42 Å². The van der Waals surface area contributed by atoms with Gasteiger partial charge < -0.3 is 0 Å². The number of terminal acetylenes is 1. The second-order valence-electron chi connectivity index (χ2n) is 3.33. The number of nitrogens with zero attached hydrogens (tertiary/aromatic N) is 2. The van der Waals surface area contributed by atoms with Crippen molar-refractivity contribution in [3.05, 3.63) is 24.0 Å². The van der Waals surface area contributed by atoms with Crippen LogP contribution in [0.3, 0.4) is 0 Å². The van der Waals surface area contributed by atoms with Gasteiger partial charge in [0, 0.05) is 19.4 Å². The van der Waals surface area contributed by atoms with E-state index in [0.29, 0.717) is 16.6 Å². The van der Waals surface area contributed by atoms with Crippen LogP contribution in [0.4, 0.5) is 13.2 Å². The first-order chi connectivity index (χ1) is 8.21. The molecule has 1 rings (SSSR count). The van der Waals surface area contributed by atoms with Crippen LogP contribution in [-0.2, 0) is 16.2 Å². The summed E-state index contributed by atoms with van der Waals surface area (Å²) in [4.78, 5) is 2.50. The molecule has 0 aliphatic carbocycles. The topological polar surface area (TPSA) is 50.3 Å². The average Bonchev–Trinajstić information content (AvgIpc) is 2.28. The lowest BCUT2D eigenvalue weighted by Gasteiger charge is -2.17. The van der Waals surface area contributed by atoms with Crippen molar-refractivity contribution in [2.75, 3.05) is 13.6 Å². The minimum Gasteiger partial charge on any atom is -0.263 e. The molecule has 98 valence electrons. The Morgan fingerprint density at radius 3 is 2.61 bits per heavy atom. The first kappa shape index (κ1) is 14.5. The van der Waals surface area contributed by atoms with Crippen LogP contribution in [-0.4, -0.2) is 31.3 Å². The Bertz CT molecular complexity index is 576. The molecule has 0 aliphatic rings. The van der Waals surface area contributed by atoms with Gasteiger partial charge in [0.15, 0.2) is 0 Å². The zero-order chi connectivity index (χ0) is 14.0. The molecule has 0 saturated heterocycles. The number of hydrogen-bond acceptors (Lipinski definition) is 3. The summed E-state index contributed by atoms with van der Waals surface area (Å²) >= 11 is 0. The van der Waals surface area contributed by atoms with Crippen molar-refractivity contribution in [3.8, 4) is 12.3 Å². The van der Waals surface area contributed by atoms with E-state index in [1.807, 2.05) is 5.92 Å². The maximum atomic E-state index is 12.7. The van der Waals surface area contributed by atoms with Gasteiger partial charge in [-0.1, -0.05) is 5.92 Å². The second kappa shape index (κ2) is 4.96. The Kier molecular flexibility index (Phi) is 3.98. The third kappa shape index (κ3) is 2.80. The van der Waals surface area contributed by atoms with Crippen LogP contribution in [0.1, 0.15) is 5.56 Å². The van der Waals surface area contributed by atoms with Gasteiger partial charge in [0.1, 0.15) is 4.90 Å². The zero-order valence-corrected chi connectivity index (χ0v) is 10.1. The SMILES string of the molecule is C#CCN(C)S(=O)(=O)c1cnccc1C(F)(F)F. The van der Waals surface area contributed by atoms with Crippen molar-refractivity contribution in [1.82, 2.24) is 9.29 Å². The minimum atomic E-state index is -4.78. The highest BCUT2D eigenvalue weighted by Gasteiger charge is 2.38. The van der Waals surface area contributed by atoms with Crippen LogP contribution >= 0.6 is 0 Å². The summed E-state index contributed by atoms with van der Waals surface area (Å²) in [5.41, 5.74) is -1.26. The molecule has 8 heteroatoms. The van der Waals surface area contributed by atoms with E-state index in [9.17, 15) is 21.6 Å². The average molecular weight is 278 g/mol. The fourth-order valence-corrected chi connectivity index (χ4v) is 2.44. The number of halogens is 3. The molecule has 0 radical (unpaired) electrons. The first-order valence-electron chi connectivity index (χ1n) is 4.62. The van der Waals surface area contributed by atoms with Crippen LogP contribution in [0, 0.1) is 12.3 Å². The lowest BCUT2D eigenvalue weighted by molar-refractivity contribution is -0.140. The molecule has 1 heterocycles. The molecule has 0 spiro atoms. The van der Waals surface area contributed by atoms with Crippen molar-refractivity contribution in [3.63, 3.8) is 0 Å². The monoisotopic (exact) mass is 278 g/mol. The highest BCUT2D eigenvalue weighted by Crippen LogP contribution is 2.34. The van der Waals surface area contributed by atoms with Crippen molar-refractivity contribution < 1.29 is 21.6 Å². The lowest BCUT2D eigenvalue weighted by atomic mass is 10.3.